The van der Waals surface area contributed by atoms with Gasteiger partial charge in [0.05, 0.1) is 25.7 Å². The maximum absolute atomic E-state index is 12.4. The number of benzene rings is 2. The van der Waals surface area contributed by atoms with Crippen LogP contribution in [0.3, 0.4) is 0 Å². The molecule has 188 valence electrons. The Hall–Kier alpha value is -2.54. The third-order valence-corrected chi connectivity index (χ3v) is 7.58. The Labute approximate surface area is 201 Å². The first-order chi connectivity index (χ1) is 16.2. The summed E-state index contributed by atoms with van der Waals surface area (Å²) in [7, 11) is -4.68. The van der Waals surface area contributed by atoms with Gasteiger partial charge in [0.25, 0.3) is 0 Å². The van der Waals surface area contributed by atoms with E-state index >= 15 is 0 Å². The molecular weight excluding hydrogens is 484 g/mol. The van der Waals surface area contributed by atoms with E-state index in [-0.39, 0.29) is 23.0 Å². The van der Waals surface area contributed by atoms with Crippen LogP contribution in [0, 0.1) is 0 Å². The summed E-state index contributed by atoms with van der Waals surface area (Å²) in [6.07, 6.45) is 0. The summed E-state index contributed by atoms with van der Waals surface area (Å²) in [6.45, 7) is 3.13. The van der Waals surface area contributed by atoms with E-state index in [2.05, 4.69) is 0 Å². The quantitative estimate of drug-likeness (QED) is 0.386. The van der Waals surface area contributed by atoms with Crippen molar-refractivity contribution in [1.82, 2.24) is 9.80 Å². The van der Waals surface area contributed by atoms with E-state index in [0.717, 1.165) is 0 Å². The number of hydrogen-bond acceptors (Lipinski definition) is 10. The fraction of sp³-hybridized carbons (Fsp3) is 0.455. The molecule has 0 aromatic heterocycles. The first-order valence-corrected chi connectivity index (χ1v) is 13.9. The molecule has 1 saturated heterocycles. The lowest BCUT2D eigenvalue weighted by Crippen LogP contribution is -2.48. The fourth-order valence-corrected chi connectivity index (χ4v) is 5.40. The number of methoxy groups -OCH3 is 2. The molecule has 0 unspecified atom stereocenters. The lowest BCUT2D eigenvalue weighted by molar-refractivity contribution is 0.143. The molecule has 12 heteroatoms. The van der Waals surface area contributed by atoms with E-state index in [1.165, 1.54) is 14.2 Å². The van der Waals surface area contributed by atoms with Crippen LogP contribution in [-0.2, 0) is 20.2 Å². The van der Waals surface area contributed by atoms with E-state index in [4.69, 9.17) is 17.8 Å². The van der Waals surface area contributed by atoms with E-state index in [1.807, 2.05) is 9.80 Å². The van der Waals surface area contributed by atoms with Crippen LogP contribution in [0.15, 0.2) is 48.5 Å². The number of piperazine rings is 1. The van der Waals surface area contributed by atoms with Gasteiger partial charge in [-0.15, -0.1) is 0 Å². The van der Waals surface area contributed by atoms with Gasteiger partial charge in [0.1, 0.15) is 0 Å². The lowest BCUT2D eigenvalue weighted by Gasteiger charge is -2.34. The second kappa shape index (κ2) is 11.7. The third kappa shape index (κ3) is 7.76. The average molecular weight is 515 g/mol. The largest absolute Gasteiger partial charge is 0.493 e. The molecule has 0 spiro atoms. The molecule has 0 radical (unpaired) electrons. The zero-order valence-corrected chi connectivity index (χ0v) is 20.9. The molecule has 1 aliphatic rings. The predicted molar refractivity (Wildman–Crippen MR) is 128 cm³/mol. The molecule has 1 fully saturated rings. The maximum atomic E-state index is 12.4. The Morgan fingerprint density at radius 1 is 0.618 bits per heavy atom. The highest BCUT2D eigenvalue weighted by molar-refractivity contribution is 7.87. The summed E-state index contributed by atoms with van der Waals surface area (Å²) >= 11 is 0. The minimum atomic E-state index is -3.79. The summed E-state index contributed by atoms with van der Waals surface area (Å²) in [5, 5.41) is 0. The molecule has 0 amide bonds. The van der Waals surface area contributed by atoms with E-state index in [0.29, 0.717) is 50.8 Å². The smallest absolute Gasteiger partial charge is 0.310 e. The molecule has 0 saturated carbocycles. The van der Waals surface area contributed by atoms with Crippen LogP contribution in [0.1, 0.15) is 0 Å². The van der Waals surface area contributed by atoms with Crippen LogP contribution in [0.2, 0.25) is 0 Å². The molecule has 0 N–H and O–H groups in total. The second-order valence-electron chi connectivity index (χ2n) is 7.68. The number of ether oxygens (including phenoxy) is 2. The van der Waals surface area contributed by atoms with Crippen molar-refractivity contribution in [2.24, 2.45) is 0 Å². The molecule has 2 aromatic rings. The van der Waals surface area contributed by atoms with Crippen LogP contribution < -0.4 is 17.8 Å². The fourth-order valence-electron chi connectivity index (χ4n) is 3.45. The van der Waals surface area contributed by atoms with Gasteiger partial charge in [-0.3, -0.25) is 9.80 Å². The van der Waals surface area contributed by atoms with Gasteiger partial charge in [0.15, 0.2) is 23.0 Å². The first kappa shape index (κ1) is 26.1. The highest BCUT2D eigenvalue weighted by atomic mass is 32.2. The molecule has 0 bridgehead atoms. The Morgan fingerprint density at radius 2 is 0.941 bits per heavy atom. The monoisotopic (exact) mass is 514 g/mol. The van der Waals surface area contributed by atoms with Gasteiger partial charge in [-0.05, 0) is 24.3 Å². The SMILES string of the molecule is COc1ccccc1OS(=O)(=O)CCN1CCN(CCS(=O)(=O)Oc2ccccc2OC)CC1. The van der Waals surface area contributed by atoms with Gasteiger partial charge in [0, 0.05) is 39.3 Å². The minimum absolute atomic E-state index is 0.159. The molecule has 1 heterocycles. The number of rotatable bonds is 12. The van der Waals surface area contributed by atoms with E-state index in [9.17, 15) is 16.8 Å². The topological polar surface area (TPSA) is 112 Å². The van der Waals surface area contributed by atoms with Crippen molar-refractivity contribution in [1.29, 1.82) is 0 Å². The Balaban J connectivity index is 1.42. The normalized spacial score (nSPS) is 15.6. The highest BCUT2D eigenvalue weighted by Gasteiger charge is 2.23. The lowest BCUT2D eigenvalue weighted by atomic mass is 10.3. The van der Waals surface area contributed by atoms with Crippen molar-refractivity contribution >= 4 is 20.2 Å². The summed E-state index contributed by atoms with van der Waals surface area (Å²) in [5.74, 6) is 0.699. The minimum Gasteiger partial charge on any atom is -0.493 e. The zero-order chi connectivity index (χ0) is 24.6. The van der Waals surface area contributed by atoms with Crippen molar-refractivity contribution in [2.75, 3.05) is 65.0 Å². The molecule has 0 aliphatic carbocycles. The molecule has 3 rings (SSSR count). The van der Waals surface area contributed by atoms with Crippen LogP contribution in [-0.4, -0.2) is 91.6 Å². The van der Waals surface area contributed by atoms with Gasteiger partial charge in [0.2, 0.25) is 0 Å². The van der Waals surface area contributed by atoms with Gasteiger partial charge in [-0.2, -0.15) is 16.8 Å². The molecule has 34 heavy (non-hydrogen) atoms. The van der Waals surface area contributed by atoms with Gasteiger partial charge in [-0.1, -0.05) is 24.3 Å². The van der Waals surface area contributed by atoms with Crippen molar-refractivity contribution in [2.45, 2.75) is 0 Å². The first-order valence-electron chi connectivity index (χ1n) is 10.8. The Bertz CT molecular complexity index is 1060. The van der Waals surface area contributed by atoms with Gasteiger partial charge < -0.3 is 17.8 Å². The van der Waals surface area contributed by atoms with Crippen molar-refractivity contribution in [3.8, 4) is 23.0 Å². The summed E-state index contributed by atoms with van der Waals surface area (Å²) in [5.41, 5.74) is 0. The average Bonchev–Trinajstić information content (AvgIpc) is 2.82. The number of nitrogens with zero attached hydrogens (tertiary/aromatic N) is 2. The van der Waals surface area contributed by atoms with Crippen molar-refractivity contribution in [3.63, 3.8) is 0 Å². The van der Waals surface area contributed by atoms with Crippen LogP contribution in [0.4, 0.5) is 0 Å². The van der Waals surface area contributed by atoms with E-state index < -0.39 is 20.2 Å². The van der Waals surface area contributed by atoms with Crippen LogP contribution >= 0.6 is 0 Å². The maximum Gasteiger partial charge on any atom is 0.310 e. The van der Waals surface area contributed by atoms with Crippen LogP contribution in [0.5, 0.6) is 23.0 Å². The van der Waals surface area contributed by atoms with Gasteiger partial charge >= 0.3 is 20.2 Å². The summed E-state index contributed by atoms with van der Waals surface area (Å²) in [4.78, 5) is 4.03. The second-order valence-corrected chi connectivity index (χ2v) is 11.1. The predicted octanol–water partition coefficient (Wildman–Crippen LogP) is 1.44. The molecule has 10 nitrogen and oxygen atoms in total. The van der Waals surface area contributed by atoms with Gasteiger partial charge in [-0.25, -0.2) is 0 Å². The Kier molecular flexibility index (Phi) is 9.00. The Morgan fingerprint density at radius 3 is 1.26 bits per heavy atom. The molecule has 0 atom stereocenters. The van der Waals surface area contributed by atoms with E-state index in [1.54, 1.807) is 48.5 Å². The van der Waals surface area contributed by atoms with Crippen molar-refractivity contribution in [3.05, 3.63) is 48.5 Å². The highest BCUT2D eigenvalue weighted by Crippen LogP contribution is 2.28. The summed E-state index contributed by atoms with van der Waals surface area (Å²) in [6, 6.07) is 13.2. The number of para-hydroxylation sites is 4. The van der Waals surface area contributed by atoms with Crippen molar-refractivity contribution < 1.29 is 34.7 Å². The van der Waals surface area contributed by atoms with Crippen LogP contribution in [0.25, 0.3) is 0 Å². The number of hydrogen-bond donors (Lipinski definition) is 0. The third-order valence-electron chi connectivity index (χ3n) is 5.35. The standard InChI is InChI=1S/C22H30N2O8S2/c1-29-19-7-3-5-9-21(19)31-33(25,26)17-15-23-11-13-24(14-12-23)16-18-34(27,28)32-22-10-6-4-8-20(22)30-2/h3-10H,11-18H2,1-2H3. The molecule has 1 aliphatic heterocycles. The molecular formula is C22H30N2O8S2. The zero-order valence-electron chi connectivity index (χ0n) is 19.3. The summed E-state index contributed by atoms with van der Waals surface area (Å²) < 4.78 is 70.2. The molecule has 2 aromatic carbocycles.